The molecule has 2 aliphatic rings. The van der Waals surface area contributed by atoms with E-state index in [1.54, 1.807) is 0 Å². The van der Waals surface area contributed by atoms with Gasteiger partial charge in [0, 0.05) is 32.2 Å². The van der Waals surface area contributed by atoms with Gasteiger partial charge in [0.25, 0.3) is 5.91 Å². The molecular formula is C15H22N4O2. The van der Waals surface area contributed by atoms with Crippen LogP contribution >= 0.6 is 0 Å². The van der Waals surface area contributed by atoms with Crippen molar-refractivity contribution in [2.75, 3.05) is 44.3 Å². The molecule has 1 atom stereocenters. The van der Waals surface area contributed by atoms with Crippen molar-refractivity contribution in [3.8, 4) is 0 Å². The summed E-state index contributed by atoms with van der Waals surface area (Å²) >= 11 is 0. The van der Waals surface area contributed by atoms with Crippen LogP contribution in [0.3, 0.4) is 0 Å². The largest absolute Gasteiger partial charge is 0.378 e. The maximum Gasteiger partial charge on any atom is 0.272 e. The number of piperidine rings is 1. The number of morpholine rings is 1. The molecule has 21 heavy (non-hydrogen) atoms. The van der Waals surface area contributed by atoms with Gasteiger partial charge in [0.2, 0.25) is 0 Å². The highest BCUT2D eigenvalue weighted by atomic mass is 16.5. The van der Waals surface area contributed by atoms with Gasteiger partial charge in [0.15, 0.2) is 0 Å². The lowest BCUT2D eigenvalue weighted by atomic mass is 10.00. The van der Waals surface area contributed by atoms with Crippen LogP contribution < -0.4 is 4.90 Å². The molecular weight excluding hydrogens is 268 g/mol. The summed E-state index contributed by atoms with van der Waals surface area (Å²) in [5.41, 5.74) is 0.501. The molecule has 3 rings (SSSR count). The van der Waals surface area contributed by atoms with E-state index in [-0.39, 0.29) is 5.91 Å². The monoisotopic (exact) mass is 290 g/mol. The van der Waals surface area contributed by atoms with E-state index in [0.29, 0.717) is 24.8 Å². The Labute approximate surface area is 125 Å². The molecule has 2 saturated heterocycles. The zero-order valence-electron chi connectivity index (χ0n) is 12.5. The van der Waals surface area contributed by atoms with Crippen LogP contribution in [0.2, 0.25) is 0 Å². The number of hydrogen-bond acceptors (Lipinski definition) is 5. The van der Waals surface area contributed by atoms with Crippen molar-refractivity contribution in [2.24, 2.45) is 5.92 Å². The predicted molar refractivity (Wildman–Crippen MR) is 79.4 cm³/mol. The van der Waals surface area contributed by atoms with Gasteiger partial charge in [0.05, 0.1) is 13.2 Å². The second kappa shape index (κ2) is 6.39. The number of anilines is 1. The van der Waals surface area contributed by atoms with Crippen LogP contribution in [0.15, 0.2) is 12.4 Å². The zero-order chi connectivity index (χ0) is 14.7. The van der Waals surface area contributed by atoms with Crippen molar-refractivity contribution < 1.29 is 9.53 Å². The van der Waals surface area contributed by atoms with Crippen molar-refractivity contribution in [3.05, 3.63) is 18.1 Å². The molecule has 0 radical (unpaired) electrons. The Morgan fingerprint density at radius 1 is 1.29 bits per heavy atom. The number of ether oxygens (including phenoxy) is 1. The summed E-state index contributed by atoms with van der Waals surface area (Å²) in [6.07, 6.45) is 3.77. The first kappa shape index (κ1) is 14.3. The van der Waals surface area contributed by atoms with E-state index in [4.69, 9.17) is 4.74 Å². The van der Waals surface area contributed by atoms with Gasteiger partial charge >= 0.3 is 0 Å². The van der Waals surface area contributed by atoms with Gasteiger partial charge in [-0.2, -0.15) is 0 Å². The van der Waals surface area contributed by atoms with Crippen molar-refractivity contribution >= 4 is 11.7 Å². The highest BCUT2D eigenvalue weighted by Gasteiger charge is 2.24. The van der Waals surface area contributed by atoms with Crippen LogP contribution in [0.4, 0.5) is 5.82 Å². The Morgan fingerprint density at radius 2 is 2.10 bits per heavy atom. The van der Waals surface area contributed by atoms with Gasteiger partial charge in [-0.15, -0.1) is 0 Å². The fraction of sp³-hybridized carbons (Fsp3) is 0.667. The Bertz CT molecular complexity index is 502. The number of nitrogens with zero attached hydrogens (tertiary/aromatic N) is 4. The molecule has 2 fully saturated rings. The van der Waals surface area contributed by atoms with Crippen LogP contribution in [0.1, 0.15) is 30.3 Å². The van der Waals surface area contributed by atoms with Crippen LogP contribution in [0.25, 0.3) is 0 Å². The lowest BCUT2D eigenvalue weighted by Crippen LogP contribution is -2.40. The molecule has 0 aliphatic carbocycles. The third kappa shape index (κ3) is 3.32. The Hall–Kier alpha value is -1.69. The average molecular weight is 290 g/mol. The third-order valence-corrected chi connectivity index (χ3v) is 4.15. The first-order valence-corrected chi connectivity index (χ1v) is 7.68. The maximum absolute atomic E-state index is 12.6. The molecule has 0 saturated carbocycles. The first-order chi connectivity index (χ1) is 10.2. The Balaban J connectivity index is 1.74. The van der Waals surface area contributed by atoms with E-state index in [0.717, 1.165) is 38.4 Å². The van der Waals surface area contributed by atoms with E-state index in [1.807, 2.05) is 11.0 Å². The van der Waals surface area contributed by atoms with Gasteiger partial charge in [-0.25, -0.2) is 9.97 Å². The second-order valence-corrected chi connectivity index (χ2v) is 5.86. The highest BCUT2D eigenvalue weighted by Crippen LogP contribution is 2.19. The van der Waals surface area contributed by atoms with E-state index in [9.17, 15) is 4.79 Å². The number of hydrogen-bond donors (Lipinski definition) is 0. The molecule has 2 aliphatic heterocycles. The highest BCUT2D eigenvalue weighted by molar-refractivity contribution is 5.93. The molecule has 0 N–H and O–H groups in total. The van der Waals surface area contributed by atoms with Crippen LogP contribution in [-0.4, -0.2) is 60.2 Å². The average Bonchev–Trinajstić information content (AvgIpc) is 2.55. The van der Waals surface area contributed by atoms with Crippen molar-refractivity contribution in [3.63, 3.8) is 0 Å². The van der Waals surface area contributed by atoms with E-state index in [1.165, 1.54) is 12.7 Å². The van der Waals surface area contributed by atoms with Gasteiger partial charge in [0.1, 0.15) is 17.8 Å². The van der Waals surface area contributed by atoms with Crippen LogP contribution in [0, 0.1) is 5.92 Å². The number of aromatic nitrogens is 2. The van der Waals surface area contributed by atoms with Crippen molar-refractivity contribution in [1.82, 2.24) is 14.9 Å². The van der Waals surface area contributed by atoms with Crippen LogP contribution in [0.5, 0.6) is 0 Å². The maximum atomic E-state index is 12.6. The summed E-state index contributed by atoms with van der Waals surface area (Å²) in [5, 5.41) is 0. The molecule has 6 heteroatoms. The summed E-state index contributed by atoms with van der Waals surface area (Å²) in [7, 11) is 0. The van der Waals surface area contributed by atoms with Gasteiger partial charge in [-0.05, 0) is 18.8 Å². The summed E-state index contributed by atoms with van der Waals surface area (Å²) in [6.45, 7) is 6.89. The molecule has 0 bridgehead atoms. The van der Waals surface area contributed by atoms with Gasteiger partial charge in [-0.3, -0.25) is 4.79 Å². The first-order valence-electron chi connectivity index (χ1n) is 7.68. The molecule has 1 aromatic rings. The lowest BCUT2D eigenvalue weighted by molar-refractivity contribution is 0.0677. The Morgan fingerprint density at radius 3 is 2.86 bits per heavy atom. The minimum Gasteiger partial charge on any atom is -0.378 e. The molecule has 3 heterocycles. The zero-order valence-corrected chi connectivity index (χ0v) is 12.5. The number of amides is 1. The second-order valence-electron chi connectivity index (χ2n) is 5.86. The number of likely N-dealkylation sites (tertiary alicyclic amines) is 1. The van der Waals surface area contributed by atoms with E-state index < -0.39 is 0 Å². The van der Waals surface area contributed by atoms with Crippen molar-refractivity contribution in [2.45, 2.75) is 19.8 Å². The molecule has 114 valence electrons. The normalized spacial score (nSPS) is 23.2. The summed E-state index contributed by atoms with van der Waals surface area (Å²) in [5.74, 6) is 1.42. The molecule has 0 spiro atoms. The Kier molecular flexibility index (Phi) is 4.34. The van der Waals surface area contributed by atoms with Crippen molar-refractivity contribution in [1.29, 1.82) is 0 Å². The number of carbonyl (C=O) groups excluding carboxylic acids is 1. The molecule has 1 unspecified atom stereocenters. The fourth-order valence-electron chi connectivity index (χ4n) is 2.97. The molecule has 0 aromatic carbocycles. The smallest absolute Gasteiger partial charge is 0.272 e. The lowest BCUT2D eigenvalue weighted by Gasteiger charge is -2.31. The SMILES string of the molecule is CC1CCCN(C(=O)c2cc(N3CCOCC3)ncn2)C1. The number of rotatable bonds is 2. The molecule has 1 amide bonds. The summed E-state index contributed by atoms with van der Waals surface area (Å²) < 4.78 is 5.35. The molecule has 6 nitrogen and oxygen atoms in total. The summed E-state index contributed by atoms with van der Waals surface area (Å²) in [4.78, 5) is 25.1. The number of carbonyl (C=O) groups is 1. The van der Waals surface area contributed by atoms with Gasteiger partial charge < -0.3 is 14.5 Å². The van der Waals surface area contributed by atoms with E-state index >= 15 is 0 Å². The summed E-state index contributed by atoms with van der Waals surface area (Å²) in [6, 6.07) is 1.81. The minimum absolute atomic E-state index is 0.0264. The quantitative estimate of drug-likeness (QED) is 0.819. The van der Waals surface area contributed by atoms with Crippen LogP contribution in [-0.2, 0) is 4.74 Å². The standard InChI is InChI=1S/C15H22N4O2/c1-12-3-2-4-19(10-12)15(20)13-9-14(17-11-16-13)18-5-7-21-8-6-18/h9,11-12H,2-8,10H2,1H3. The minimum atomic E-state index is 0.0264. The predicted octanol–water partition coefficient (Wildman–Crippen LogP) is 1.19. The molecule has 1 aromatic heterocycles. The topological polar surface area (TPSA) is 58.6 Å². The fourth-order valence-corrected chi connectivity index (χ4v) is 2.97. The van der Waals surface area contributed by atoms with E-state index in [2.05, 4.69) is 21.8 Å². The third-order valence-electron chi connectivity index (χ3n) is 4.15. The van der Waals surface area contributed by atoms with Gasteiger partial charge in [-0.1, -0.05) is 6.92 Å².